The zero-order chi connectivity index (χ0) is 16.0. The summed E-state index contributed by atoms with van der Waals surface area (Å²) in [4.78, 5) is 8.84. The van der Waals surface area contributed by atoms with E-state index in [4.69, 9.17) is 7.85 Å². The van der Waals surface area contributed by atoms with Gasteiger partial charge >= 0.3 is 0 Å². The fourth-order valence-corrected chi connectivity index (χ4v) is 3.06. The van der Waals surface area contributed by atoms with Crippen molar-refractivity contribution < 1.29 is 0 Å². The molecule has 0 atom stereocenters. The Morgan fingerprint density at radius 2 is 2.13 bits per heavy atom. The first-order valence-corrected chi connectivity index (χ1v) is 7.70. The third kappa shape index (κ3) is 2.48. The van der Waals surface area contributed by atoms with Crippen molar-refractivity contribution in [3.8, 4) is 11.3 Å². The minimum absolute atomic E-state index is 0.407. The normalized spacial score (nSPS) is 11.2. The Hall–Kier alpha value is -2.68. The number of rotatable bonds is 3. The summed E-state index contributed by atoms with van der Waals surface area (Å²) in [7, 11) is 7.84. The van der Waals surface area contributed by atoms with Gasteiger partial charge in [-0.3, -0.25) is 9.08 Å². The van der Waals surface area contributed by atoms with Crippen molar-refractivity contribution in [2.75, 3.05) is 5.32 Å². The molecule has 0 saturated heterocycles. The first kappa shape index (κ1) is 14.0. The molecule has 7 nitrogen and oxygen atoms in total. The Labute approximate surface area is 137 Å². The van der Waals surface area contributed by atoms with Gasteiger partial charge in [0, 0.05) is 30.6 Å². The second kappa shape index (κ2) is 5.20. The molecule has 4 aromatic heterocycles. The van der Waals surface area contributed by atoms with E-state index < -0.39 is 0 Å². The molecule has 9 heteroatoms. The van der Waals surface area contributed by atoms with Gasteiger partial charge < -0.3 is 5.32 Å². The van der Waals surface area contributed by atoms with Crippen LogP contribution in [0.3, 0.4) is 0 Å². The fourth-order valence-electron chi connectivity index (χ4n) is 2.40. The minimum atomic E-state index is 0.407. The number of hydrogen-bond acceptors (Lipinski definition) is 6. The van der Waals surface area contributed by atoms with E-state index in [1.54, 1.807) is 23.3 Å². The van der Waals surface area contributed by atoms with Gasteiger partial charge in [-0.1, -0.05) is 0 Å². The summed E-state index contributed by atoms with van der Waals surface area (Å²) in [6.45, 7) is 1.94. The van der Waals surface area contributed by atoms with Gasteiger partial charge in [0.05, 0.1) is 23.8 Å². The average molecular weight is 321 g/mol. The molecule has 0 aliphatic heterocycles. The molecule has 0 aromatic carbocycles. The number of hydrogen-bond donors (Lipinski definition) is 1. The topological polar surface area (TPSA) is 72.9 Å². The molecule has 0 unspecified atom stereocenters. The molecule has 112 valence electrons. The smallest absolute Gasteiger partial charge is 0.180 e. The first-order valence-electron chi connectivity index (χ1n) is 6.93. The van der Waals surface area contributed by atoms with Gasteiger partial charge in [-0.25, -0.2) is 9.97 Å². The number of aromatic nitrogens is 6. The number of aryl methyl sites for hydroxylation is 2. The Morgan fingerprint density at radius 1 is 1.26 bits per heavy atom. The van der Waals surface area contributed by atoms with E-state index in [0.29, 0.717) is 17.1 Å². The Balaban J connectivity index is 1.84. The lowest BCUT2D eigenvalue weighted by atomic mass is 10.1. The molecule has 0 aliphatic carbocycles. The molecule has 0 saturated carbocycles. The Morgan fingerprint density at radius 3 is 2.83 bits per heavy atom. The van der Waals surface area contributed by atoms with Crippen LogP contribution in [0, 0.1) is 6.92 Å². The van der Waals surface area contributed by atoms with Gasteiger partial charge in [-0.15, -0.1) is 0 Å². The lowest BCUT2D eigenvalue weighted by Gasteiger charge is -2.07. The van der Waals surface area contributed by atoms with E-state index in [9.17, 15) is 0 Å². The van der Waals surface area contributed by atoms with Crippen LogP contribution < -0.4 is 10.9 Å². The minimum Gasteiger partial charge on any atom is -0.328 e. The van der Waals surface area contributed by atoms with Crippen LogP contribution in [-0.2, 0) is 7.05 Å². The van der Waals surface area contributed by atoms with Crippen LogP contribution in [-0.4, -0.2) is 36.4 Å². The predicted molar refractivity (Wildman–Crippen MR) is 90.7 cm³/mol. The van der Waals surface area contributed by atoms with Crippen molar-refractivity contribution in [3.63, 3.8) is 0 Å². The SMILES string of the molecule is [B]c1cn2c(-c3cnn(C)c3)cnc2c(Nc2cc(C)ns2)n1. The molecule has 1 N–H and O–H groups in total. The molecule has 0 spiro atoms. The number of nitrogens with one attached hydrogen (secondary N) is 1. The molecule has 23 heavy (non-hydrogen) atoms. The number of fused-ring (bicyclic) bond motifs is 1. The van der Waals surface area contributed by atoms with E-state index in [1.165, 1.54) is 11.5 Å². The largest absolute Gasteiger partial charge is 0.328 e. The molecule has 0 amide bonds. The summed E-state index contributed by atoms with van der Waals surface area (Å²) in [5, 5.41) is 8.34. The van der Waals surface area contributed by atoms with E-state index in [-0.39, 0.29) is 0 Å². The summed E-state index contributed by atoms with van der Waals surface area (Å²) in [5.41, 5.74) is 3.93. The van der Waals surface area contributed by atoms with Crippen molar-refractivity contribution in [1.82, 2.24) is 28.5 Å². The standard InChI is InChI=1S/C14H12BN7S/c1-8-3-12(23-20-8)19-13-14-16-5-10(9-4-17-21(2)6-9)22(14)7-11(15)18-13/h3-7H,1-2H3,(H,18,19). The van der Waals surface area contributed by atoms with Crippen LogP contribution in [0.1, 0.15) is 5.69 Å². The molecule has 0 bridgehead atoms. The third-order valence-corrected chi connectivity index (χ3v) is 4.18. The van der Waals surface area contributed by atoms with Crippen LogP contribution in [0.2, 0.25) is 0 Å². The van der Waals surface area contributed by atoms with Crippen LogP contribution in [0.4, 0.5) is 10.8 Å². The summed E-state index contributed by atoms with van der Waals surface area (Å²) in [6, 6.07) is 1.96. The Kier molecular flexibility index (Phi) is 3.15. The van der Waals surface area contributed by atoms with Crippen LogP contribution in [0.15, 0.2) is 30.9 Å². The maximum Gasteiger partial charge on any atom is 0.180 e. The van der Waals surface area contributed by atoms with Crippen molar-refractivity contribution in [3.05, 3.63) is 36.5 Å². The average Bonchev–Trinajstić information content (AvgIpc) is 3.19. The maximum atomic E-state index is 5.96. The van der Waals surface area contributed by atoms with Crippen molar-refractivity contribution >= 4 is 41.4 Å². The molecular formula is C14H12BN7S. The second-order valence-electron chi connectivity index (χ2n) is 5.21. The lowest BCUT2D eigenvalue weighted by molar-refractivity contribution is 0.768. The van der Waals surface area contributed by atoms with Crippen LogP contribution >= 0.6 is 11.5 Å². The monoisotopic (exact) mass is 321 g/mol. The van der Waals surface area contributed by atoms with E-state index in [1.807, 2.05) is 30.6 Å². The highest BCUT2D eigenvalue weighted by Gasteiger charge is 2.13. The van der Waals surface area contributed by atoms with E-state index in [2.05, 4.69) is 24.8 Å². The number of anilines is 2. The zero-order valence-corrected chi connectivity index (χ0v) is 13.4. The van der Waals surface area contributed by atoms with Gasteiger partial charge in [-0.2, -0.15) is 9.47 Å². The quantitative estimate of drug-likeness (QED) is 0.578. The van der Waals surface area contributed by atoms with Crippen molar-refractivity contribution in [2.45, 2.75) is 6.92 Å². The fraction of sp³-hybridized carbons (Fsp3) is 0.143. The number of nitrogens with zero attached hydrogens (tertiary/aromatic N) is 6. The molecule has 0 aliphatic rings. The zero-order valence-electron chi connectivity index (χ0n) is 12.6. The molecule has 4 rings (SSSR count). The highest BCUT2D eigenvalue weighted by molar-refractivity contribution is 7.10. The molecule has 4 aromatic rings. The van der Waals surface area contributed by atoms with E-state index in [0.717, 1.165) is 22.0 Å². The van der Waals surface area contributed by atoms with Gasteiger partial charge in [0.25, 0.3) is 0 Å². The molecule has 0 fully saturated rings. The van der Waals surface area contributed by atoms with Gasteiger partial charge in [0.1, 0.15) is 12.8 Å². The maximum absolute atomic E-state index is 5.96. The van der Waals surface area contributed by atoms with Gasteiger partial charge in [-0.05, 0) is 24.5 Å². The van der Waals surface area contributed by atoms with Gasteiger partial charge in [0.15, 0.2) is 11.5 Å². The summed E-state index contributed by atoms with van der Waals surface area (Å²) in [5.74, 6) is 0.601. The lowest BCUT2D eigenvalue weighted by Crippen LogP contribution is -2.13. The predicted octanol–water partition coefficient (Wildman–Crippen LogP) is 1.43. The van der Waals surface area contributed by atoms with Crippen molar-refractivity contribution in [2.24, 2.45) is 7.05 Å². The molecular weight excluding hydrogens is 309 g/mol. The van der Waals surface area contributed by atoms with Crippen LogP contribution in [0.25, 0.3) is 16.9 Å². The third-order valence-electron chi connectivity index (χ3n) is 3.38. The first-order chi connectivity index (χ1) is 11.1. The van der Waals surface area contributed by atoms with Crippen molar-refractivity contribution in [1.29, 1.82) is 0 Å². The molecule has 2 radical (unpaired) electrons. The summed E-state index contributed by atoms with van der Waals surface area (Å²) < 4.78 is 7.91. The number of imidazole rings is 1. The van der Waals surface area contributed by atoms with Crippen LogP contribution in [0.5, 0.6) is 0 Å². The highest BCUT2D eigenvalue weighted by atomic mass is 32.1. The summed E-state index contributed by atoms with van der Waals surface area (Å²) in [6.07, 6.45) is 7.27. The highest BCUT2D eigenvalue weighted by Crippen LogP contribution is 2.26. The van der Waals surface area contributed by atoms with E-state index >= 15 is 0 Å². The molecule has 4 heterocycles. The Bertz CT molecular complexity index is 1000. The van der Waals surface area contributed by atoms with Gasteiger partial charge in [0.2, 0.25) is 0 Å². The summed E-state index contributed by atoms with van der Waals surface area (Å²) >= 11 is 1.37. The second-order valence-corrected chi connectivity index (χ2v) is 6.02.